The molecule has 0 spiro atoms. The molecule has 0 radical (unpaired) electrons. The van der Waals surface area contributed by atoms with Gasteiger partial charge in [-0.05, 0) is 6.92 Å². The van der Waals surface area contributed by atoms with Crippen LogP contribution in [0.2, 0.25) is 0 Å². The van der Waals surface area contributed by atoms with Crippen molar-refractivity contribution in [1.29, 1.82) is 0 Å². The van der Waals surface area contributed by atoms with Crippen LogP contribution in [0.25, 0.3) is 0 Å². The van der Waals surface area contributed by atoms with E-state index in [1.807, 2.05) is 5.92 Å². The molecule has 0 saturated heterocycles. The minimum Gasteiger partial charge on any atom is -0.380 e. The Morgan fingerprint density at radius 3 is 2.62 bits per heavy atom. The average Bonchev–Trinajstić information content (AvgIpc) is 1.65. The largest absolute Gasteiger partial charge is 0.380 e. The van der Waals surface area contributed by atoms with Gasteiger partial charge in [-0.3, -0.25) is 4.79 Å². The number of carbonyl (C=O) groups is 1. The number of Topliss-reactive ketones (excluding diaryl/α,β-unsaturated/α-hetero) is 1. The summed E-state index contributed by atoms with van der Waals surface area (Å²) in [6, 6.07) is 0. The fourth-order valence-electron chi connectivity index (χ4n) is 0.331. The summed E-state index contributed by atoms with van der Waals surface area (Å²) in [6.45, 7) is 1.39. The van der Waals surface area contributed by atoms with E-state index in [1.54, 1.807) is 0 Å². The van der Waals surface area contributed by atoms with Gasteiger partial charge in [0.25, 0.3) is 0 Å². The summed E-state index contributed by atoms with van der Waals surface area (Å²) in [6.07, 6.45) is 3.94. The van der Waals surface area contributed by atoms with Crippen LogP contribution in [0.15, 0.2) is 0 Å². The van der Waals surface area contributed by atoms with Crippen molar-refractivity contribution in [3.8, 4) is 12.3 Å². The maximum Gasteiger partial charge on any atom is 0.133 e. The summed E-state index contributed by atoms with van der Waals surface area (Å²) >= 11 is 0. The molecule has 0 rings (SSSR count). The molecule has 1 N–H and O–H groups in total. The smallest absolute Gasteiger partial charge is 0.133 e. The van der Waals surface area contributed by atoms with Crippen LogP contribution in [0, 0.1) is 12.3 Å². The lowest BCUT2D eigenvalue weighted by molar-refractivity contribution is -0.118. The number of rotatable bonds is 2. The van der Waals surface area contributed by atoms with E-state index in [2.05, 4.69) is 0 Å². The standard InChI is InChI=1S/C6H8O2/c1-3-6(8)4-5(2)7/h1,6,8H,4H2,2H3. The van der Waals surface area contributed by atoms with Gasteiger partial charge >= 0.3 is 0 Å². The first kappa shape index (κ1) is 7.19. The zero-order valence-electron chi connectivity index (χ0n) is 4.72. The van der Waals surface area contributed by atoms with Gasteiger partial charge in [-0.2, -0.15) is 0 Å². The number of hydrogen-bond donors (Lipinski definition) is 1. The maximum atomic E-state index is 10.2. The number of carbonyl (C=O) groups excluding carboxylic acids is 1. The summed E-state index contributed by atoms with van der Waals surface area (Å²) < 4.78 is 0. The molecule has 1 unspecified atom stereocenters. The van der Waals surface area contributed by atoms with Crippen LogP contribution in [0.5, 0.6) is 0 Å². The second kappa shape index (κ2) is 3.23. The van der Waals surface area contributed by atoms with Gasteiger partial charge < -0.3 is 5.11 Å². The zero-order valence-corrected chi connectivity index (χ0v) is 4.72. The van der Waals surface area contributed by atoms with Gasteiger partial charge in [0.1, 0.15) is 11.9 Å². The Bertz CT molecular complexity index is 121. The maximum absolute atomic E-state index is 10.2. The summed E-state index contributed by atoms with van der Waals surface area (Å²) in [5.74, 6) is 1.94. The Kier molecular flexibility index (Phi) is 2.90. The van der Waals surface area contributed by atoms with Crippen LogP contribution in [0.3, 0.4) is 0 Å². The third-order valence-corrected chi connectivity index (χ3v) is 0.673. The average molecular weight is 112 g/mol. The van der Waals surface area contributed by atoms with E-state index < -0.39 is 6.10 Å². The molecule has 0 aromatic heterocycles. The van der Waals surface area contributed by atoms with Crippen LogP contribution < -0.4 is 0 Å². The first-order chi connectivity index (χ1) is 3.66. The Morgan fingerprint density at radius 1 is 2.00 bits per heavy atom. The molecule has 0 bridgehead atoms. The minimum absolute atomic E-state index is 0.0660. The van der Waals surface area contributed by atoms with E-state index in [1.165, 1.54) is 6.92 Å². The van der Waals surface area contributed by atoms with Crippen LogP contribution >= 0.6 is 0 Å². The molecule has 0 aromatic rings. The molecule has 1 atom stereocenters. The molecule has 0 aliphatic carbocycles. The molecule has 0 amide bonds. The van der Waals surface area contributed by atoms with Gasteiger partial charge in [-0.25, -0.2) is 0 Å². The molecule has 44 valence electrons. The van der Waals surface area contributed by atoms with Gasteiger partial charge in [0, 0.05) is 6.42 Å². The Hall–Kier alpha value is -0.810. The zero-order chi connectivity index (χ0) is 6.57. The van der Waals surface area contributed by atoms with Gasteiger partial charge in [0.15, 0.2) is 0 Å². The normalized spacial score (nSPS) is 12.1. The molecule has 0 aromatic carbocycles. The molecule has 0 fully saturated rings. The summed E-state index contributed by atoms with van der Waals surface area (Å²) in [5, 5.41) is 8.57. The van der Waals surface area contributed by atoms with Crippen molar-refractivity contribution >= 4 is 5.78 Å². The lowest BCUT2D eigenvalue weighted by atomic mass is 10.2. The van der Waals surface area contributed by atoms with E-state index in [-0.39, 0.29) is 12.2 Å². The van der Waals surface area contributed by atoms with Gasteiger partial charge in [-0.1, -0.05) is 5.92 Å². The highest BCUT2D eigenvalue weighted by Crippen LogP contribution is 1.88. The van der Waals surface area contributed by atoms with Gasteiger partial charge in [-0.15, -0.1) is 6.42 Å². The second-order valence-electron chi connectivity index (χ2n) is 1.59. The number of aliphatic hydroxyl groups excluding tert-OH is 1. The highest BCUT2D eigenvalue weighted by molar-refractivity contribution is 5.76. The molecule has 0 heterocycles. The van der Waals surface area contributed by atoms with E-state index in [4.69, 9.17) is 11.5 Å². The van der Waals surface area contributed by atoms with Gasteiger partial charge in [0.2, 0.25) is 0 Å². The Labute approximate surface area is 48.5 Å². The number of aliphatic hydroxyl groups is 1. The predicted octanol–water partition coefficient (Wildman–Crippen LogP) is -0.0404. The molecular weight excluding hydrogens is 104 g/mol. The van der Waals surface area contributed by atoms with E-state index in [9.17, 15) is 4.79 Å². The van der Waals surface area contributed by atoms with Crippen molar-refractivity contribution in [2.45, 2.75) is 19.4 Å². The second-order valence-corrected chi connectivity index (χ2v) is 1.59. The summed E-state index contributed by atoms with van der Waals surface area (Å²) in [4.78, 5) is 10.2. The van der Waals surface area contributed by atoms with Crippen molar-refractivity contribution < 1.29 is 9.90 Å². The highest BCUT2D eigenvalue weighted by Gasteiger charge is 2.00. The lowest BCUT2D eigenvalue weighted by Gasteiger charge is -1.94. The molecule has 0 saturated carbocycles. The van der Waals surface area contributed by atoms with Crippen LogP contribution in [0.4, 0.5) is 0 Å². The molecule has 8 heavy (non-hydrogen) atoms. The van der Waals surface area contributed by atoms with Crippen LogP contribution in [-0.2, 0) is 4.79 Å². The number of ketones is 1. The summed E-state index contributed by atoms with van der Waals surface area (Å²) in [7, 11) is 0. The van der Waals surface area contributed by atoms with Crippen molar-refractivity contribution in [1.82, 2.24) is 0 Å². The fraction of sp³-hybridized carbons (Fsp3) is 0.500. The topological polar surface area (TPSA) is 37.3 Å². The third kappa shape index (κ3) is 3.38. The minimum atomic E-state index is -0.896. The van der Waals surface area contributed by atoms with Crippen molar-refractivity contribution in [3.05, 3.63) is 0 Å². The predicted molar refractivity (Wildman–Crippen MR) is 30.1 cm³/mol. The third-order valence-electron chi connectivity index (χ3n) is 0.673. The van der Waals surface area contributed by atoms with E-state index in [0.29, 0.717) is 0 Å². The molecule has 2 heteroatoms. The van der Waals surface area contributed by atoms with E-state index >= 15 is 0 Å². The molecule has 2 nitrogen and oxygen atoms in total. The Morgan fingerprint density at radius 2 is 2.50 bits per heavy atom. The van der Waals surface area contributed by atoms with Crippen molar-refractivity contribution in [2.75, 3.05) is 0 Å². The van der Waals surface area contributed by atoms with E-state index in [0.717, 1.165) is 0 Å². The Balaban J connectivity index is 3.43. The number of hydrogen-bond acceptors (Lipinski definition) is 2. The van der Waals surface area contributed by atoms with Crippen LogP contribution in [0.1, 0.15) is 13.3 Å². The van der Waals surface area contributed by atoms with Crippen LogP contribution in [-0.4, -0.2) is 17.0 Å². The van der Waals surface area contributed by atoms with Gasteiger partial charge in [0.05, 0.1) is 0 Å². The first-order valence-corrected chi connectivity index (χ1v) is 2.30. The molecule has 0 aliphatic heterocycles. The summed E-state index contributed by atoms with van der Waals surface area (Å²) in [5.41, 5.74) is 0. The first-order valence-electron chi connectivity index (χ1n) is 2.30. The fourth-order valence-corrected chi connectivity index (χ4v) is 0.331. The van der Waals surface area contributed by atoms with Crippen molar-refractivity contribution in [3.63, 3.8) is 0 Å². The monoisotopic (exact) mass is 112 g/mol. The molecule has 0 aliphatic rings. The van der Waals surface area contributed by atoms with Crippen molar-refractivity contribution in [2.24, 2.45) is 0 Å². The number of terminal acetylenes is 1. The lowest BCUT2D eigenvalue weighted by Crippen LogP contribution is -2.07. The molecular formula is C6H8O2. The SMILES string of the molecule is C#CC(O)CC(C)=O. The quantitative estimate of drug-likeness (QED) is 0.509. The highest BCUT2D eigenvalue weighted by atomic mass is 16.3.